The second-order valence-corrected chi connectivity index (χ2v) is 7.92. The predicted octanol–water partition coefficient (Wildman–Crippen LogP) is 3.09. The largest absolute Gasteiger partial charge is 0.466 e. The summed E-state index contributed by atoms with van der Waals surface area (Å²) in [5.74, 6) is 1.69. The van der Waals surface area contributed by atoms with Crippen LogP contribution in [0.5, 0.6) is 0 Å². The monoisotopic (exact) mass is 411 g/mol. The zero-order valence-electron chi connectivity index (χ0n) is 18.4. The maximum Gasteiger partial charge on any atom is 0.308 e. The smallest absolute Gasteiger partial charge is 0.308 e. The lowest BCUT2D eigenvalue weighted by Crippen LogP contribution is -2.45. The van der Waals surface area contributed by atoms with Crippen LogP contribution in [0.25, 0.3) is 10.9 Å². The van der Waals surface area contributed by atoms with E-state index < -0.39 is 0 Å². The third kappa shape index (κ3) is 5.40. The third-order valence-electron chi connectivity index (χ3n) is 5.60. The molecular formula is C23H33N5O2. The van der Waals surface area contributed by atoms with Crippen LogP contribution in [0.1, 0.15) is 38.2 Å². The number of nitrogens with one attached hydrogen (secondary N) is 2. The van der Waals surface area contributed by atoms with Crippen molar-refractivity contribution in [3.8, 4) is 0 Å². The normalized spacial score (nSPS) is 19.4. The van der Waals surface area contributed by atoms with Crippen molar-refractivity contribution in [2.75, 3.05) is 32.6 Å². The zero-order valence-corrected chi connectivity index (χ0v) is 18.4. The first-order valence-corrected chi connectivity index (χ1v) is 10.7. The Kier molecular flexibility index (Phi) is 7.49. The molecule has 1 aliphatic rings. The molecule has 162 valence electrons. The molecule has 7 heteroatoms. The fourth-order valence-electron chi connectivity index (χ4n) is 3.91. The Hall–Kier alpha value is -2.83. The summed E-state index contributed by atoms with van der Waals surface area (Å²) >= 11 is 0. The Morgan fingerprint density at radius 2 is 1.97 bits per heavy atom. The molecule has 1 saturated carbocycles. The summed E-state index contributed by atoms with van der Waals surface area (Å²) in [5, 5.41) is 8.10. The topological polar surface area (TPSA) is 78.8 Å². The van der Waals surface area contributed by atoms with Gasteiger partial charge < -0.3 is 20.3 Å². The Balaban J connectivity index is 1.61. The van der Waals surface area contributed by atoms with Gasteiger partial charge in [-0.05, 0) is 50.3 Å². The number of fused-ring (bicyclic) bond motifs is 1. The van der Waals surface area contributed by atoms with E-state index >= 15 is 0 Å². The standard InChI is InChI=1S/C23H33N5O2/c1-5-30-22(29)16-10-12-18(13-11-16)26-23(24-2)25-15-17-14-21(28(3)4)27-20-9-7-6-8-19(17)20/h6-9,14,16,18H,5,10-13,15H2,1-4H3,(H2,24,25,26). The van der Waals surface area contributed by atoms with Gasteiger partial charge in [-0.1, -0.05) is 18.2 Å². The quantitative estimate of drug-likeness (QED) is 0.432. The molecule has 0 radical (unpaired) electrons. The molecule has 3 rings (SSSR count). The number of para-hydroxylation sites is 1. The molecule has 0 bridgehead atoms. The van der Waals surface area contributed by atoms with E-state index in [2.05, 4.69) is 27.8 Å². The van der Waals surface area contributed by atoms with E-state index in [1.165, 1.54) is 5.56 Å². The summed E-state index contributed by atoms with van der Waals surface area (Å²) in [5.41, 5.74) is 2.17. The van der Waals surface area contributed by atoms with Gasteiger partial charge in [0.2, 0.25) is 0 Å². The number of anilines is 1. The minimum absolute atomic E-state index is 0.0330. The molecule has 0 aliphatic heterocycles. The minimum atomic E-state index is -0.0558. The second kappa shape index (κ2) is 10.3. The van der Waals surface area contributed by atoms with E-state index in [9.17, 15) is 4.79 Å². The molecular weight excluding hydrogens is 378 g/mol. The van der Waals surface area contributed by atoms with Crippen molar-refractivity contribution in [1.82, 2.24) is 15.6 Å². The minimum Gasteiger partial charge on any atom is -0.466 e. The van der Waals surface area contributed by atoms with Crippen LogP contribution in [-0.4, -0.2) is 50.7 Å². The van der Waals surface area contributed by atoms with Gasteiger partial charge in [0.25, 0.3) is 0 Å². The predicted molar refractivity (Wildman–Crippen MR) is 122 cm³/mol. The van der Waals surface area contributed by atoms with Gasteiger partial charge in [0.15, 0.2) is 5.96 Å². The zero-order chi connectivity index (χ0) is 21.5. The van der Waals surface area contributed by atoms with Crippen LogP contribution in [0.4, 0.5) is 5.82 Å². The summed E-state index contributed by atoms with van der Waals surface area (Å²) in [4.78, 5) is 23.1. The molecule has 1 aliphatic carbocycles. The van der Waals surface area contributed by atoms with Gasteiger partial charge in [0.05, 0.1) is 18.0 Å². The summed E-state index contributed by atoms with van der Waals surface area (Å²) in [6, 6.07) is 10.6. The highest BCUT2D eigenvalue weighted by atomic mass is 16.5. The average Bonchev–Trinajstić information content (AvgIpc) is 2.76. The Morgan fingerprint density at radius 3 is 2.63 bits per heavy atom. The number of rotatable bonds is 6. The van der Waals surface area contributed by atoms with Gasteiger partial charge in [0, 0.05) is 39.1 Å². The average molecular weight is 412 g/mol. The summed E-state index contributed by atoms with van der Waals surface area (Å²) in [6.07, 6.45) is 3.59. The first kappa shape index (κ1) is 21.9. The third-order valence-corrected chi connectivity index (χ3v) is 5.60. The number of nitrogens with zero attached hydrogens (tertiary/aromatic N) is 3. The molecule has 0 saturated heterocycles. The van der Waals surface area contributed by atoms with Gasteiger partial charge in [-0.15, -0.1) is 0 Å². The molecule has 1 aromatic heterocycles. The number of guanidine groups is 1. The van der Waals surface area contributed by atoms with Crippen molar-refractivity contribution >= 4 is 28.6 Å². The summed E-state index contributed by atoms with van der Waals surface area (Å²) < 4.78 is 5.16. The van der Waals surface area contributed by atoms with Gasteiger partial charge in [-0.2, -0.15) is 0 Å². The van der Waals surface area contributed by atoms with Crippen LogP contribution in [0, 0.1) is 5.92 Å². The van der Waals surface area contributed by atoms with E-state index in [0.717, 1.165) is 48.4 Å². The fourth-order valence-corrected chi connectivity index (χ4v) is 3.91. The Labute approximate surface area is 178 Å². The number of pyridine rings is 1. The number of ether oxygens (including phenoxy) is 1. The van der Waals surface area contributed by atoms with Crippen LogP contribution < -0.4 is 15.5 Å². The molecule has 0 unspecified atom stereocenters. The van der Waals surface area contributed by atoms with Crippen LogP contribution >= 0.6 is 0 Å². The highest BCUT2D eigenvalue weighted by molar-refractivity contribution is 5.85. The van der Waals surface area contributed by atoms with Gasteiger partial charge >= 0.3 is 5.97 Å². The van der Waals surface area contributed by atoms with Gasteiger partial charge in [-0.3, -0.25) is 9.79 Å². The molecule has 7 nitrogen and oxygen atoms in total. The maximum atomic E-state index is 11.9. The molecule has 1 fully saturated rings. The number of benzene rings is 1. The van der Waals surface area contributed by atoms with Crippen LogP contribution in [0.15, 0.2) is 35.3 Å². The van der Waals surface area contributed by atoms with E-state index in [0.29, 0.717) is 19.2 Å². The van der Waals surface area contributed by atoms with Crippen molar-refractivity contribution in [2.24, 2.45) is 10.9 Å². The van der Waals surface area contributed by atoms with E-state index in [4.69, 9.17) is 9.72 Å². The van der Waals surface area contributed by atoms with Gasteiger partial charge in [0.1, 0.15) is 5.82 Å². The molecule has 2 aromatic rings. The van der Waals surface area contributed by atoms with Crippen LogP contribution in [0.3, 0.4) is 0 Å². The number of carbonyl (C=O) groups excluding carboxylic acids is 1. The Bertz CT molecular complexity index is 888. The number of esters is 1. The van der Waals surface area contributed by atoms with E-state index in [1.54, 1.807) is 7.05 Å². The first-order chi connectivity index (χ1) is 14.5. The molecule has 1 heterocycles. The van der Waals surface area contributed by atoms with Crippen molar-refractivity contribution < 1.29 is 9.53 Å². The number of aromatic nitrogens is 1. The van der Waals surface area contributed by atoms with Crippen molar-refractivity contribution in [2.45, 2.75) is 45.2 Å². The summed E-state index contributed by atoms with van der Waals surface area (Å²) in [7, 11) is 5.79. The lowest BCUT2D eigenvalue weighted by Gasteiger charge is -2.29. The summed E-state index contributed by atoms with van der Waals surface area (Å²) in [6.45, 7) is 2.96. The van der Waals surface area contributed by atoms with Crippen molar-refractivity contribution in [1.29, 1.82) is 0 Å². The molecule has 0 atom stereocenters. The molecule has 0 spiro atoms. The number of hydrogen-bond donors (Lipinski definition) is 2. The first-order valence-electron chi connectivity index (χ1n) is 10.7. The lowest BCUT2D eigenvalue weighted by molar-refractivity contribution is -0.149. The number of carbonyl (C=O) groups is 1. The lowest BCUT2D eigenvalue weighted by atomic mass is 9.86. The van der Waals surface area contributed by atoms with Crippen molar-refractivity contribution in [3.05, 3.63) is 35.9 Å². The highest BCUT2D eigenvalue weighted by Crippen LogP contribution is 2.25. The number of hydrogen-bond acceptors (Lipinski definition) is 5. The SMILES string of the molecule is CCOC(=O)C1CCC(NC(=NC)NCc2cc(N(C)C)nc3ccccc23)CC1. The molecule has 0 amide bonds. The maximum absolute atomic E-state index is 11.9. The highest BCUT2D eigenvalue weighted by Gasteiger charge is 2.27. The van der Waals surface area contributed by atoms with Crippen LogP contribution in [0.2, 0.25) is 0 Å². The van der Waals surface area contributed by atoms with Crippen LogP contribution in [-0.2, 0) is 16.1 Å². The van der Waals surface area contributed by atoms with E-state index in [-0.39, 0.29) is 11.9 Å². The Morgan fingerprint density at radius 1 is 1.23 bits per heavy atom. The molecule has 30 heavy (non-hydrogen) atoms. The van der Waals surface area contributed by atoms with E-state index in [1.807, 2.05) is 44.1 Å². The fraction of sp³-hybridized carbons (Fsp3) is 0.522. The molecule has 2 N–H and O–H groups in total. The van der Waals surface area contributed by atoms with Gasteiger partial charge in [-0.25, -0.2) is 4.98 Å². The second-order valence-electron chi connectivity index (χ2n) is 7.92. The molecule has 1 aromatic carbocycles. The van der Waals surface area contributed by atoms with Crippen molar-refractivity contribution in [3.63, 3.8) is 0 Å². The number of aliphatic imine (C=N–C) groups is 1.